The van der Waals surface area contributed by atoms with E-state index in [1.165, 1.54) is 28.0 Å². The highest BCUT2D eigenvalue weighted by Crippen LogP contribution is 2.40. The number of carboxylic acid groups (broad SMARTS) is 1. The lowest BCUT2D eigenvalue weighted by Crippen LogP contribution is -2.64. The number of hydrogen-bond donors (Lipinski definition) is 2. The van der Waals surface area contributed by atoms with Gasteiger partial charge in [0.1, 0.15) is 22.8 Å². The topological polar surface area (TPSA) is 112 Å². The fourth-order valence-electron chi connectivity index (χ4n) is 3.99. The van der Waals surface area contributed by atoms with Crippen molar-refractivity contribution in [2.45, 2.75) is 57.7 Å². The summed E-state index contributed by atoms with van der Waals surface area (Å²) in [5.74, 6) is -0.456. The average molecular weight is 420 g/mol. The van der Waals surface area contributed by atoms with Crippen molar-refractivity contribution in [3.63, 3.8) is 0 Å². The number of likely N-dealkylation sites (tertiary alicyclic amines) is 1. The molecule has 1 aromatic rings. The van der Waals surface area contributed by atoms with E-state index < -0.39 is 41.2 Å². The van der Waals surface area contributed by atoms with Crippen LogP contribution in [0.25, 0.3) is 0 Å². The summed E-state index contributed by atoms with van der Waals surface area (Å²) >= 11 is 0. The fourth-order valence-corrected chi connectivity index (χ4v) is 3.99. The van der Waals surface area contributed by atoms with Crippen molar-refractivity contribution in [2.24, 2.45) is 4.99 Å². The highest BCUT2D eigenvalue weighted by Gasteiger charge is 2.54. The van der Waals surface area contributed by atoms with Crippen LogP contribution in [0, 0.1) is 5.82 Å². The molecule has 2 heterocycles. The zero-order valence-electron chi connectivity index (χ0n) is 17.3. The highest BCUT2D eigenvalue weighted by atomic mass is 19.1. The van der Waals surface area contributed by atoms with Crippen LogP contribution in [0.4, 0.5) is 24.5 Å². The number of aliphatic imine (C=N–C) groups is 1. The molecule has 162 valence electrons. The molecule has 2 aliphatic rings. The number of amides is 4. The second kappa shape index (κ2) is 7.58. The van der Waals surface area contributed by atoms with Gasteiger partial charge in [0.15, 0.2) is 0 Å². The quantitative estimate of drug-likeness (QED) is 0.721. The van der Waals surface area contributed by atoms with Gasteiger partial charge < -0.3 is 14.7 Å². The van der Waals surface area contributed by atoms with Gasteiger partial charge >= 0.3 is 18.2 Å². The predicted octanol–water partition coefficient (Wildman–Crippen LogP) is 3.59. The molecule has 2 N–H and O–H groups in total. The number of urea groups is 1. The number of piperidine rings is 1. The third-order valence-electron chi connectivity index (χ3n) is 5.13. The number of anilines is 1. The molecule has 0 unspecified atom stereocenters. The van der Waals surface area contributed by atoms with Gasteiger partial charge in [0, 0.05) is 18.3 Å². The summed E-state index contributed by atoms with van der Waals surface area (Å²) in [6, 6.07) is 4.38. The van der Waals surface area contributed by atoms with E-state index in [0.29, 0.717) is 0 Å². The van der Waals surface area contributed by atoms with Crippen LogP contribution in [0.3, 0.4) is 0 Å². The van der Waals surface area contributed by atoms with Gasteiger partial charge in [-0.3, -0.25) is 10.2 Å². The Hall–Kier alpha value is -3.17. The molecule has 1 spiro atoms. The van der Waals surface area contributed by atoms with Crippen LogP contribution in [0.5, 0.6) is 0 Å². The lowest BCUT2D eigenvalue weighted by Gasteiger charge is -2.47. The minimum Gasteiger partial charge on any atom is -0.465 e. The number of nitrogens with zero attached hydrogens (tertiary/aromatic N) is 3. The number of carbonyl (C=O) groups is 3. The molecule has 0 aliphatic carbocycles. The Bertz CT molecular complexity index is 913. The van der Waals surface area contributed by atoms with Gasteiger partial charge in [-0.15, -0.1) is 0 Å². The van der Waals surface area contributed by atoms with Crippen LogP contribution < -0.4 is 10.2 Å². The summed E-state index contributed by atoms with van der Waals surface area (Å²) in [6.45, 7) is 6.95. The van der Waals surface area contributed by atoms with Crippen LogP contribution in [0.1, 0.15) is 40.5 Å². The number of benzene rings is 1. The molecule has 9 nitrogen and oxygen atoms in total. The van der Waals surface area contributed by atoms with Crippen molar-refractivity contribution in [3.05, 3.63) is 30.1 Å². The maximum atomic E-state index is 13.9. The molecule has 2 aliphatic heterocycles. The van der Waals surface area contributed by atoms with Crippen molar-refractivity contribution in [1.29, 1.82) is 0 Å². The van der Waals surface area contributed by atoms with Gasteiger partial charge in [0.25, 0.3) is 0 Å². The second-order valence-corrected chi connectivity index (χ2v) is 8.50. The second-order valence-electron chi connectivity index (χ2n) is 8.50. The molecule has 30 heavy (non-hydrogen) atoms. The lowest BCUT2D eigenvalue weighted by atomic mass is 9.81. The maximum absolute atomic E-state index is 13.9. The number of carbonyl (C=O) groups excluding carboxylic acids is 2. The van der Waals surface area contributed by atoms with Crippen molar-refractivity contribution >= 4 is 29.7 Å². The number of alkyl carbamates (subject to hydrolysis) is 1. The SMILES string of the molecule is C[C@H]1C[C@]2(CCN1C(=O)O)C(NC(=O)OC(C)(C)C)=NC(=O)N2c1cccc(F)c1. The first kappa shape index (κ1) is 21.5. The summed E-state index contributed by atoms with van der Waals surface area (Å²) in [7, 11) is 0. The standard InChI is InChI=1S/C20H25FN4O5/c1-12-11-20(8-9-24(12)18(28)29)15(23-17(27)30-19(2,3)4)22-16(26)25(20)14-7-5-6-13(21)10-14/h5-7,10,12H,8-9,11H2,1-4H3,(H,28,29)(H,22,23,26,27)/t12-,20+/m0/s1. The van der Waals surface area contributed by atoms with E-state index in [1.54, 1.807) is 33.8 Å². The molecule has 1 saturated heterocycles. The van der Waals surface area contributed by atoms with Crippen LogP contribution in [0.2, 0.25) is 0 Å². The van der Waals surface area contributed by atoms with Crippen LogP contribution in [-0.4, -0.2) is 57.8 Å². The Morgan fingerprint density at radius 2 is 2.07 bits per heavy atom. The van der Waals surface area contributed by atoms with Gasteiger partial charge in [0.05, 0.1) is 0 Å². The zero-order valence-corrected chi connectivity index (χ0v) is 17.3. The molecular formula is C20H25FN4O5. The van der Waals surface area contributed by atoms with Crippen molar-refractivity contribution in [2.75, 3.05) is 11.4 Å². The summed E-state index contributed by atoms with van der Waals surface area (Å²) in [5.41, 5.74) is -1.61. The predicted molar refractivity (Wildman–Crippen MR) is 107 cm³/mol. The molecule has 10 heteroatoms. The van der Waals surface area contributed by atoms with Gasteiger partial charge in [0.2, 0.25) is 0 Å². The monoisotopic (exact) mass is 420 g/mol. The molecule has 1 aromatic carbocycles. The molecule has 1 fully saturated rings. The van der Waals surface area contributed by atoms with E-state index in [1.807, 2.05) is 0 Å². The first-order valence-corrected chi connectivity index (χ1v) is 9.61. The smallest absolute Gasteiger partial charge is 0.413 e. The van der Waals surface area contributed by atoms with Crippen molar-refractivity contribution < 1.29 is 28.6 Å². The summed E-state index contributed by atoms with van der Waals surface area (Å²) in [6.07, 6.45) is -1.49. The van der Waals surface area contributed by atoms with Crippen LogP contribution in [-0.2, 0) is 4.74 Å². The van der Waals surface area contributed by atoms with E-state index >= 15 is 0 Å². The Morgan fingerprint density at radius 1 is 1.37 bits per heavy atom. The molecule has 0 saturated carbocycles. The first-order valence-electron chi connectivity index (χ1n) is 9.61. The largest absolute Gasteiger partial charge is 0.465 e. The third kappa shape index (κ3) is 4.07. The van der Waals surface area contributed by atoms with Crippen LogP contribution in [0.15, 0.2) is 29.3 Å². The highest BCUT2D eigenvalue weighted by molar-refractivity contribution is 6.19. The van der Waals surface area contributed by atoms with E-state index in [-0.39, 0.29) is 30.9 Å². The van der Waals surface area contributed by atoms with Crippen molar-refractivity contribution in [3.8, 4) is 0 Å². The van der Waals surface area contributed by atoms with E-state index in [9.17, 15) is 23.9 Å². The minimum atomic E-state index is -1.13. The van der Waals surface area contributed by atoms with Crippen LogP contribution >= 0.6 is 0 Å². The maximum Gasteiger partial charge on any atom is 0.413 e. The molecule has 0 radical (unpaired) electrons. The molecule has 0 aromatic heterocycles. The Labute approximate surface area is 173 Å². The Balaban J connectivity index is 2.00. The average Bonchev–Trinajstić information content (AvgIpc) is 2.83. The molecule has 2 atom stereocenters. The number of hydrogen-bond acceptors (Lipinski definition) is 4. The molecular weight excluding hydrogens is 395 g/mol. The number of amidine groups is 1. The first-order chi connectivity index (χ1) is 13.9. The Kier molecular flexibility index (Phi) is 5.44. The van der Waals surface area contributed by atoms with Crippen molar-refractivity contribution in [1.82, 2.24) is 10.2 Å². The fraction of sp³-hybridized carbons (Fsp3) is 0.500. The number of halogens is 1. The normalized spacial score (nSPS) is 24.1. The van der Waals surface area contributed by atoms with E-state index in [4.69, 9.17) is 4.74 Å². The minimum absolute atomic E-state index is 0.0721. The lowest BCUT2D eigenvalue weighted by molar-refractivity contribution is 0.0553. The number of ether oxygens (including phenoxy) is 1. The Morgan fingerprint density at radius 3 is 2.63 bits per heavy atom. The molecule has 4 amide bonds. The van der Waals surface area contributed by atoms with E-state index in [2.05, 4.69) is 10.3 Å². The summed E-state index contributed by atoms with van der Waals surface area (Å²) in [5, 5.41) is 12.0. The molecule has 3 rings (SSSR count). The van der Waals surface area contributed by atoms with Gasteiger partial charge in [-0.25, -0.2) is 18.8 Å². The van der Waals surface area contributed by atoms with Gasteiger partial charge in [-0.05, 0) is 58.7 Å². The van der Waals surface area contributed by atoms with Gasteiger partial charge in [-0.2, -0.15) is 4.99 Å². The summed E-state index contributed by atoms with van der Waals surface area (Å²) < 4.78 is 19.2. The number of nitrogens with one attached hydrogen (secondary N) is 1. The van der Waals surface area contributed by atoms with E-state index in [0.717, 1.165) is 0 Å². The van der Waals surface area contributed by atoms with Gasteiger partial charge in [-0.1, -0.05) is 6.07 Å². The summed E-state index contributed by atoms with van der Waals surface area (Å²) in [4.78, 5) is 43.4. The third-order valence-corrected chi connectivity index (χ3v) is 5.13. The molecule has 0 bridgehead atoms. The zero-order chi connectivity index (χ0) is 22.3. The number of rotatable bonds is 1.